The number of hydrogen-bond donors (Lipinski definition) is 2. The summed E-state index contributed by atoms with van der Waals surface area (Å²) in [6.07, 6.45) is 8.11. The summed E-state index contributed by atoms with van der Waals surface area (Å²) >= 11 is 0. The van der Waals surface area contributed by atoms with Gasteiger partial charge < -0.3 is 10.4 Å². The van der Waals surface area contributed by atoms with Crippen LogP contribution in [-0.4, -0.2) is 23.8 Å². The lowest BCUT2D eigenvalue weighted by molar-refractivity contribution is -0.0504. The topological polar surface area (TPSA) is 32.3 Å². The van der Waals surface area contributed by atoms with E-state index in [4.69, 9.17) is 0 Å². The molecule has 1 rings (SSSR count). The molecule has 0 spiro atoms. The molecule has 1 aliphatic heterocycles. The fraction of sp³-hybridized carbons (Fsp3) is 1.00. The van der Waals surface area contributed by atoms with E-state index in [0.29, 0.717) is 5.92 Å². The molecule has 0 bridgehead atoms. The van der Waals surface area contributed by atoms with Crippen molar-refractivity contribution >= 4 is 0 Å². The molecule has 2 heteroatoms. The lowest BCUT2D eigenvalue weighted by atomic mass is 9.77. The maximum atomic E-state index is 10.6. The van der Waals surface area contributed by atoms with Gasteiger partial charge in [0.15, 0.2) is 0 Å². The highest BCUT2D eigenvalue weighted by atomic mass is 16.3. The van der Waals surface area contributed by atoms with E-state index < -0.39 is 0 Å². The smallest absolute Gasteiger partial charge is 0.0699 e. The van der Waals surface area contributed by atoms with E-state index in [2.05, 4.69) is 19.2 Å². The van der Waals surface area contributed by atoms with Gasteiger partial charge in [0.1, 0.15) is 0 Å². The molecule has 2 atom stereocenters. The third-order valence-electron chi connectivity index (χ3n) is 3.84. The molecule has 15 heavy (non-hydrogen) atoms. The van der Waals surface area contributed by atoms with E-state index in [1.165, 1.54) is 25.7 Å². The molecule has 0 aliphatic carbocycles. The molecule has 0 saturated carbocycles. The molecule has 1 heterocycles. The molecule has 0 aromatic carbocycles. The molecule has 0 amide bonds. The Bertz CT molecular complexity index is 172. The highest BCUT2D eigenvalue weighted by Crippen LogP contribution is 2.32. The van der Waals surface area contributed by atoms with Gasteiger partial charge in [-0.05, 0) is 31.7 Å². The minimum Gasteiger partial charge on any atom is -0.390 e. The summed E-state index contributed by atoms with van der Waals surface area (Å²) in [6.45, 7) is 6.41. The molecular formula is C13H27NO. The van der Waals surface area contributed by atoms with Gasteiger partial charge >= 0.3 is 0 Å². The van der Waals surface area contributed by atoms with Crippen molar-refractivity contribution in [2.24, 2.45) is 5.92 Å². The molecule has 90 valence electrons. The molecule has 0 aromatic heterocycles. The molecule has 0 aromatic rings. The molecule has 2 N–H and O–H groups in total. The Labute approximate surface area is 94.5 Å². The predicted octanol–water partition coefficient (Wildman–Crippen LogP) is 2.71. The van der Waals surface area contributed by atoms with Crippen LogP contribution in [0.25, 0.3) is 0 Å². The molecule has 1 saturated heterocycles. The Morgan fingerprint density at radius 2 is 2.07 bits per heavy atom. The van der Waals surface area contributed by atoms with Crippen LogP contribution in [0.2, 0.25) is 0 Å². The third-order valence-corrected chi connectivity index (χ3v) is 3.84. The van der Waals surface area contributed by atoms with Crippen molar-refractivity contribution in [1.82, 2.24) is 5.32 Å². The molecule has 0 radical (unpaired) electrons. The van der Waals surface area contributed by atoms with E-state index in [-0.39, 0.29) is 5.60 Å². The predicted molar refractivity (Wildman–Crippen MR) is 65.0 cm³/mol. The number of aliphatic hydroxyl groups is 1. The maximum absolute atomic E-state index is 10.6. The quantitative estimate of drug-likeness (QED) is 0.665. The lowest BCUT2D eigenvalue weighted by Gasteiger charge is -2.40. The molecular weight excluding hydrogens is 186 g/mol. The second-order valence-corrected chi connectivity index (χ2v) is 4.97. The van der Waals surface area contributed by atoms with Crippen LogP contribution in [0.4, 0.5) is 0 Å². The summed E-state index contributed by atoms with van der Waals surface area (Å²) < 4.78 is 0. The molecule has 2 nitrogen and oxygen atoms in total. The average molecular weight is 213 g/mol. The SMILES string of the molecule is CCCCCCC1(O)CCNCC1CC. The van der Waals surface area contributed by atoms with Crippen LogP contribution in [0, 0.1) is 5.92 Å². The van der Waals surface area contributed by atoms with Crippen LogP contribution < -0.4 is 5.32 Å². The summed E-state index contributed by atoms with van der Waals surface area (Å²) in [7, 11) is 0. The number of hydrogen-bond acceptors (Lipinski definition) is 2. The van der Waals surface area contributed by atoms with Crippen LogP contribution in [0.15, 0.2) is 0 Å². The van der Waals surface area contributed by atoms with E-state index >= 15 is 0 Å². The lowest BCUT2D eigenvalue weighted by Crippen LogP contribution is -2.49. The Morgan fingerprint density at radius 3 is 2.73 bits per heavy atom. The Balaban J connectivity index is 2.33. The monoisotopic (exact) mass is 213 g/mol. The van der Waals surface area contributed by atoms with Crippen LogP contribution in [0.5, 0.6) is 0 Å². The first-order valence-corrected chi connectivity index (χ1v) is 6.66. The van der Waals surface area contributed by atoms with Crippen molar-refractivity contribution in [3.8, 4) is 0 Å². The van der Waals surface area contributed by atoms with Gasteiger partial charge in [-0.1, -0.05) is 39.5 Å². The van der Waals surface area contributed by atoms with Crippen molar-refractivity contribution in [3.05, 3.63) is 0 Å². The van der Waals surface area contributed by atoms with Gasteiger partial charge in [-0.15, -0.1) is 0 Å². The van der Waals surface area contributed by atoms with Crippen molar-refractivity contribution < 1.29 is 5.11 Å². The van der Waals surface area contributed by atoms with E-state index in [1.54, 1.807) is 0 Å². The van der Waals surface area contributed by atoms with Crippen LogP contribution >= 0.6 is 0 Å². The number of piperidine rings is 1. The van der Waals surface area contributed by atoms with Crippen molar-refractivity contribution in [2.75, 3.05) is 13.1 Å². The van der Waals surface area contributed by atoms with Gasteiger partial charge in [0, 0.05) is 6.54 Å². The van der Waals surface area contributed by atoms with Gasteiger partial charge in [-0.2, -0.15) is 0 Å². The number of rotatable bonds is 6. The first-order chi connectivity index (χ1) is 7.23. The normalized spacial score (nSPS) is 31.8. The second kappa shape index (κ2) is 6.49. The Hall–Kier alpha value is -0.0800. The van der Waals surface area contributed by atoms with Gasteiger partial charge in [-0.3, -0.25) is 0 Å². The van der Waals surface area contributed by atoms with Crippen LogP contribution in [-0.2, 0) is 0 Å². The minimum absolute atomic E-state index is 0.367. The van der Waals surface area contributed by atoms with Gasteiger partial charge in [0.05, 0.1) is 5.60 Å². The maximum Gasteiger partial charge on any atom is 0.0699 e. The van der Waals surface area contributed by atoms with Crippen LogP contribution in [0.3, 0.4) is 0 Å². The summed E-state index contributed by atoms with van der Waals surface area (Å²) in [5.41, 5.74) is -0.367. The van der Waals surface area contributed by atoms with E-state index in [9.17, 15) is 5.11 Å². The number of nitrogens with one attached hydrogen (secondary N) is 1. The zero-order valence-corrected chi connectivity index (χ0v) is 10.4. The second-order valence-electron chi connectivity index (χ2n) is 4.97. The summed E-state index contributed by atoms with van der Waals surface area (Å²) in [5, 5.41) is 14.0. The zero-order chi connectivity index (χ0) is 11.1. The Kier molecular flexibility index (Phi) is 5.62. The zero-order valence-electron chi connectivity index (χ0n) is 10.4. The highest BCUT2D eigenvalue weighted by Gasteiger charge is 2.36. The highest BCUT2D eigenvalue weighted by molar-refractivity contribution is 4.91. The van der Waals surface area contributed by atoms with E-state index in [1.807, 2.05) is 0 Å². The van der Waals surface area contributed by atoms with Crippen molar-refractivity contribution in [2.45, 2.75) is 64.4 Å². The standard InChI is InChI=1S/C13H27NO/c1-3-5-6-7-8-13(15)9-10-14-11-12(13)4-2/h12,14-15H,3-11H2,1-2H3. The van der Waals surface area contributed by atoms with Gasteiger partial charge in [0.25, 0.3) is 0 Å². The molecule has 1 fully saturated rings. The summed E-state index contributed by atoms with van der Waals surface area (Å²) in [4.78, 5) is 0. The average Bonchev–Trinajstić information content (AvgIpc) is 2.25. The Morgan fingerprint density at radius 1 is 1.27 bits per heavy atom. The number of unbranched alkanes of at least 4 members (excludes halogenated alkanes) is 3. The fourth-order valence-corrected chi connectivity index (χ4v) is 2.69. The molecule has 2 unspecified atom stereocenters. The van der Waals surface area contributed by atoms with Gasteiger partial charge in [-0.25, -0.2) is 0 Å². The van der Waals surface area contributed by atoms with Crippen LogP contribution in [0.1, 0.15) is 58.8 Å². The third kappa shape index (κ3) is 3.76. The first kappa shape index (κ1) is 13.0. The minimum atomic E-state index is -0.367. The summed E-state index contributed by atoms with van der Waals surface area (Å²) in [5.74, 6) is 0.466. The fourth-order valence-electron chi connectivity index (χ4n) is 2.69. The molecule has 1 aliphatic rings. The van der Waals surface area contributed by atoms with Crippen molar-refractivity contribution in [3.63, 3.8) is 0 Å². The largest absolute Gasteiger partial charge is 0.390 e. The first-order valence-electron chi connectivity index (χ1n) is 6.66. The summed E-state index contributed by atoms with van der Waals surface area (Å²) in [6, 6.07) is 0. The van der Waals surface area contributed by atoms with Crippen molar-refractivity contribution in [1.29, 1.82) is 0 Å². The van der Waals surface area contributed by atoms with E-state index in [0.717, 1.165) is 32.4 Å². The van der Waals surface area contributed by atoms with Gasteiger partial charge in [0.2, 0.25) is 0 Å².